The minimum Gasteiger partial charge on any atom is -0.476 e. The zero-order chi connectivity index (χ0) is 29.8. The maximum atomic E-state index is 15.1. The molecule has 1 aliphatic carbocycles. The van der Waals surface area contributed by atoms with Crippen molar-refractivity contribution in [3.8, 4) is 27.5 Å². The van der Waals surface area contributed by atoms with Gasteiger partial charge in [-0.25, -0.2) is 18.9 Å². The van der Waals surface area contributed by atoms with Crippen LogP contribution in [0.2, 0.25) is 0 Å². The fourth-order valence-corrected chi connectivity index (χ4v) is 7.13. The molecule has 0 radical (unpaired) electrons. The van der Waals surface area contributed by atoms with Gasteiger partial charge in [-0.05, 0) is 70.1 Å². The number of hydrogen-bond acceptors (Lipinski definition) is 5. The van der Waals surface area contributed by atoms with Crippen LogP contribution in [0.15, 0.2) is 70.9 Å². The molecule has 1 aliphatic rings. The maximum absolute atomic E-state index is 15.1. The number of nitrogens with zero attached hydrogens (tertiary/aromatic N) is 3. The number of aryl methyl sites for hydroxylation is 1. The van der Waals surface area contributed by atoms with Crippen molar-refractivity contribution in [1.29, 1.82) is 0 Å². The number of carbonyl (C=O) groups is 1. The number of aromatic nitrogens is 3. The van der Waals surface area contributed by atoms with Crippen LogP contribution >= 0.6 is 20.6 Å². The van der Waals surface area contributed by atoms with Crippen LogP contribution in [0, 0.1) is 12.7 Å². The van der Waals surface area contributed by atoms with Crippen molar-refractivity contribution in [1.82, 2.24) is 14.8 Å². The van der Waals surface area contributed by atoms with Crippen molar-refractivity contribution in [2.24, 2.45) is 5.14 Å². The third-order valence-electron chi connectivity index (χ3n) is 7.44. The normalized spacial score (nSPS) is 13.8. The van der Waals surface area contributed by atoms with Gasteiger partial charge in [0.2, 0.25) is 5.13 Å². The van der Waals surface area contributed by atoms with E-state index in [9.17, 15) is 14.1 Å². The molecule has 5 aromatic rings. The molecule has 2 heterocycles. The van der Waals surface area contributed by atoms with E-state index >= 15 is 4.39 Å². The highest BCUT2D eigenvalue weighted by molar-refractivity contribution is 8.00. The van der Waals surface area contributed by atoms with E-state index in [1.54, 1.807) is 10.7 Å². The molecule has 0 bridgehead atoms. The van der Waals surface area contributed by atoms with Gasteiger partial charge < -0.3 is 5.11 Å². The molecule has 1 saturated carbocycles. The lowest BCUT2D eigenvalue weighted by molar-refractivity contribution is 0.0691. The number of aromatic carboxylic acids is 1. The quantitative estimate of drug-likeness (QED) is 0.153. The van der Waals surface area contributed by atoms with E-state index < -0.39 is 21.9 Å². The van der Waals surface area contributed by atoms with Gasteiger partial charge in [0, 0.05) is 35.1 Å². The minimum absolute atomic E-state index is 0.0207. The highest BCUT2D eigenvalue weighted by atomic mass is 32.3. The zero-order valence-electron chi connectivity index (χ0n) is 23.0. The molecule has 1 atom stereocenters. The summed E-state index contributed by atoms with van der Waals surface area (Å²) in [5, 5.41) is 23.3. The lowest BCUT2D eigenvalue weighted by atomic mass is 9.95. The second-order valence-electron chi connectivity index (χ2n) is 10.8. The van der Waals surface area contributed by atoms with E-state index in [1.165, 1.54) is 40.7 Å². The summed E-state index contributed by atoms with van der Waals surface area (Å²) < 4.78 is 29.2. The Hall–Kier alpha value is -3.56. The highest BCUT2D eigenvalue weighted by Crippen LogP contribution is 2.46. The van der Waals surface area contributed by atoms with E-state index in [4.69, 9.17) is 10.2 Å². The molecular weight excluding hydrogens is 590 g/mol. The number of halogens is 1. The Labute approximate surface area is 250 Å². The van der Waals surface area contributed by atoms with Crippen LogP contribution in [0.25, 0.3) is 27.5 Å². The molecule has 2 aromatic heterocycles. The first-order chi connectivity index (χ1) is 20.0. The van der Waals surface area contributed by atoms with Crippen LogP contribution in [-0.4, -0.2) is 36.3 Å². The summed E-state index contributed by atoms with van der Waals surface area (Å²) >= 11 is 1.23. The van der Waals surface area contributed by atoms with Gasteiger partial charge in [-0.2, -0.15) is 5.10 Å². The van der Waals surface area contributed by atoms with Gasteiger partial charge in [-0.3, -0.25) is 9.35 Å². The van der Waals surface area contributed by atoms with Gasteiger partial charge in [0.1, 0.15) is 5.82 Å². The highest BCUT2D eigenvalue weighted by Gasteiger charge is 2.34. The molecule has 11 heteroatoms. The van der Waals surface area contributed by atoms with Crippen molar-refractivity contribution in [3.05, 3.63) is 99.9 Å². The first kappa shape index (κ1) is 28.6. The summed E-state index contributed by atoms with van der Waals surface area (Å²) in [6, 6.07) is 19.2. The van der Waals surface area contributed by atoms with Crippen LogP contribution in [0.1, 0.15) is 51.6 Å². The molecular formula is C31H30FN4O3PS2. The topological polar surface area (TPSA) is 111 Å². The third kappa shape index (κ3) is 5.60. The second kappa shape index (κ2) is 10.9. The number of carboxylic acid groups (broad SMARTS) is 1. The van der Waals surface area contributed by atoms with Gasteiger partial charge in [0.15, 0.2) is 5.69 Å². The van der Waals surface area contributed by atoms with Crippen molar-refractivity contribution < 1.29 is 18.5 Å². The fourth-order valence-electron chi connectivity index (χ4n) is 5.16. The SMILES string of the molecule is Cc1ccc(-c2cc(-c3nn(-c4nc(C(=O)O)cs4)c(C4CC4)c3Cc3ccc([SH](C)(N)=O)c(F)c3)ccc2P)cc1. The molecule has 0 saturated heterocycles. The van der Waals surface area contributed by atoms with Gasteiger partial charge in [-0.1, -0.05) is 48.0 Å². The summed E-state index contributed by atoms with van der Waals surface area (Å²) in [5.41, 5.74) is 7.45. The lowest BCUT2D eigenvalue weighted by Crippen LogP contribution is -2.22. The molecule has 42 heavy (non-hydrogen) atoms. The average molecular weight is 621 g/mol. The molecule has 1 fully saturated rings. The average Bonchev–Trinajstić information content (AvgIpc) is 3.52. The molecule has 0 aliphatic heterocycles. The second-order valence-corrected chi connectivity index (χ2v) is 14.8. The molecule has 6 rings (SSSR count). The number of carboxylic acids is 1. The van der Waals surface area contributed by atoms with Gasteiger partial charge in [0.25, 0.3) is 0 Å². The van der Waals surface area contributed by atoms with Crippen molar-refractivity contribution in [2.75, 3.05) is 6.26 Å². The molecule has 0 amide bonds. The van der Waals surface area contributed by atoms with E-state index in [0.717, 1.165) is 51.8 Å². The fraction of sp³-hybridized carbons (Fsp3) is 0.194. The van der Waals surface area contributed by atoms with E-state index in [-0.39, 0.29) is 16.5 Å². The van der Waals surface area contributed by atoms with Crippen LogP contribution in [-0.2, 0) is 16.5 Å². The number of hydrogen-bond donors (Lipinski definition) is 3. The van der Waals surface area contributed by atoms with Crippen LogP contribution in [0.5, 0.6) is 0 Å². The lowest BCUT2D eigenvalue weighted by Gasteiger charge is -2.15. The Bertz CT molecular complexity index is 1890. The molecule has 1 unspecified atom stereocenters. The molecule has 3 N–H and O–H groups in total. The minimum atomic E-state index is -3.26. The number of rotatable bonds is 8. The summed E-state index contributed by atoms with van der Waals surface area (Å²) in [5.74, 6) is -1.47. The predicted molar refractivity (Wildman–Crippen MR) is 170 cm³/mol. The Balaban J connectivity index is 1.54. The molecule has 216 valence electrons. The zero-order valence-corrected chi connectivity index (χ0v) is 25.9. The molecule has 7 nitrogen and oxygen atoms in total. The standard InChI is InChI=1S/C31H30FN4O3PS2/c1-17-3-6-19(7-4-17)22-15-21(10-11-26(22)40)28-23(13-18-5-12-27(24(32)14-18)42(2,33)39)29(20-8-9-20)36(35-28)31-34-25(16-41-31)30(37)38/h3-7,10-12,14-16,20,42H,8-9,13,40H2,1-2H3,(H2,33,39)(H,37,38). The number of thiazole rings is 1. The van der Waals surface area contributed by atoms with E-state index in [2.05, 4.69) is 51.5 Å². The Morgan fingerprint density at radius 1 is 1.14 bits per heavy atom. The molecule has 0 spiro atoms. The van der Waals surface area contributed by atoms with Gasteiger partial charge >= 0.3 is 5.97 Å². The van der Waals surface area contributed by atoms with E-state index in [1.807, 2.05) is 12.1 Å². The first-order valence-electron chi connectivity index (χ1n) is 13.4. The number of nitrogens with two attached hydrogens (primary N) is 1. The number of thiol groups is 1. The molecule has 3 aromatic carbocycles. The van der Waals surface area contributed by atoms with Crippen LogP contribution in [0.3, 0.4) is 0 Å². The van der Waals surface area contributed by atoms with Gasteiger partial charge in [-0.15, -0.1) is 20.6 Å². The monoisotopic (exact) mass is 620 g/mol. The smallest absolute Gasteiger partial charge is 0.355 e. The maximum Gasteiger partial charge on any atom is 0.355 e. The summed E-state index contributed by atoms with van der Waals surface area (Å²) in [4.78, 5) is 16.0. The van der Waals surface area contributed by atoms with Crippen molar-refractivity contribution in [2.45, 2.75) is 37.0 Å². The van der Waals surface area contributed by atoms with Crippen molar-refractivity contribution in [3.63, 3.8) is 0 Å². The Morgan fingerprint density at radius 3 is 2.48 bits per heavy atom. The van der Waals surface area contributed by atoms with Gasteiger partial charge in [0.05, 0.1) is 16.3 Å². The predicted octanol–water partition coefficient (Wildman–Crippen LogP) is 5.66. The largest absolute Gasteiger partial charge is 0.476 e. The summed E-state index contributed by atoms with van der Waals surface area (Å²) in [6.45, 7) is 2.05. The summed E-state index contributed by atoms with van der Waals surface area (Å²) in [6.07, 6.45) is 3.65. The first-order valence-corrected chi connectivity index (χ1v) is 17.1. The van der Waals surface area contributed by atoms with Crippen LogP contribution < -0.4 is 10.4 Å². The third-order valence-corrected chi connectivity index (χ3v) is 10.1. The van der Waals surface area contributed by atoms with E-state index in [0.29, 0.717) is 17.1 Å². The number of benzene rings is 3. The Kier molecular flexibility index (Phi) is 7.43. The van der Waals surface area contributed by atoms with Crippen molar-refractivity contribution >= 4 is 42.0 Å². The van der Waals surface area contributed by atoms with Crippen LogP contribution in [0.4, 0.5) is 4.39 Å². The Morgan fingerprint density at radius 2 is 1.86 bits per heavy atom. The summed E-state index contributed by atoms with van der Waals surface area (Å²) in [7, 11) is -0.465.